The van der Waals surface area contributed by atoms with E-state index in [1.54, 1.807) is 0 Å². The summed E-state index contributed by atoms with van der Waals surface area (Å²) < 4.78 is 0. The molecule has 1 N–H and O–H groups in total. The number of nitrogens with one attached hydrogen (secondary N) is 1. The highest BCUT2D eigenvalue weighted by Crippen LogP contribution is 2.28. The van der Waals surface area contributed by atoms with Crippen molar-refractivity contribution < 1.29 is 4.79 Å². The molecule has 2 nitrogen and oxygen atoms in total. The summed E-state index contributed by atoms with van der Waals surface area (Å²) >= 11 is 0. The van der Waals surface area contributed by atoms with Crippen LogP contribution in [0.3, 0.4) is 0 Å². The van der Waals surface area contributed by atoms with Crippen molar-refractivity contribution in [3.63, 3.8) is 0 Å². The lowest BCUT2D eigenvalue weighted by molar-refractivity contribution is -0.121. The maximum Gasteiger partial charge on any atom is 0.150 e. The summed E-state index contributed by atoms with van der Waals surface area (Å²) in [6.07, 6.45) is 8.37. The van der Waals surface area contributed by atoms with Gasteiger partial charge in [0.2, 0.25) is 0 Å². The van der Waals surface area contributed by atoms with Gasteiger partial charge >= 0.3 is 0 Å². The maximum atomic E-state index is 11.7. The molecular weight excluding hydrogens is 162 g/mol. The molecule has 1 aliphatic carbocycles. The highest BCUT2D eigenvalue weighted by molar-refractivity contribution is 5.84. The topological polar surface area (TPSA) is 29.1 Å². The van der Waals surface area contributed by atoms with Crippen LogP contribution < -0.4 is 5.32 Å². The normalized spacial score (nSPS) is 29.7. The molecule has 1 heterocycles. The average molecular weight is 181 g/mol. The van der Waals surface area contributed by atoms with E-state index in [1.165, 1.54) is 32.1 Å². The third-order valence-electron chi connectivity index (χ3n) is 3.41. The first-order chi connectivity index (χ1) is 6.36. The molecule has 1 aliphatic heterocycles. The van der Waals surface area contributed by atoms with Gasteiger partial charge in [0.05, 0.1) is 6.04 Å². The van der Waals surface area contributed by atoms with Crippen molar-refractivity contribution >= 4 is 5.78 Å². The summed E-state index contributed by atoms with van der Waals surface area (Å²) in [7, 11) is 0. The van der Waals surface area contributed by atoms with E-state index in [4.69, 9.17) is 0 Å². The van der Waals surface area contributed by atoms with E-state index >= 15 is 0 Å². The van der Waals surface area contributed by atoms with Gasteiger partial charge < -0.3 is 5.32 Å². The predicted octanol–water partition coefficient (Wildman–Crippen LogP) is 1.89. The lowest BCUT2D eigenvalue weighted by Crippen LogP contribution is -2.31. The van der Waals surface area contributed by atoms with Crippen LogP contribution in [0.4, 0.5) is 0 Å². The van der Waals surface area contributed by atoms with Crippen LogP contribution in [0, 0.1) is 5.92 Å². The van der Waals surface area contributed by atoms with Crippen LogP contribution in [0.2, 0.25) is 0 Å². The molecule has 2 aliphatic rings. The molecule has 2 heteroatoms. The van der Waals surface area contributed by atoms with E-state index in [0.717, 1.165) is 25.3 Å². The monoisotopic (exact) mass is 181 g/mol. The molecule has 1 atom stereocenters. The molecule has 0 radical (unpaired) electrons. The van der Waals surface area contributed by atoms with E-state index in [2.05, 4.69) is 5.32 Å². The van der Waals surface area contributed by atoms with E-state index in [0.29, 0.717) is 5.78 Å². The van der Waals surface area contributed by atoms with Crippen molar-refractivity contribution in [2.24, 2.45) is 5.92 Å². The van der Waals surface area contributed by atoms with Crippen LogP contribution in [0.15, 0.2) is 0 Å². The van der Waals surface area contributed by atoms with Gasteiger partial charge in [-0.1, -0.05) is 25.7 Å². The van der Waals surface area contributed by atoms with Crippen LogP contribution in [0.25, 0.3) is 0 Å². The molecule has 1 saturated heterocycles. The molecule has 13 heavy (non-hydrogen) atoms. The minimum atomic E-state index is 0.209. The maximum absolute atomic E-state index is 11.7. The number of hydrogen-bond acceptors (Lipinski definition) is 2. The second-order valence-electron chi connectivity index (χ2n) is 4.47. The first kappa shape index (κ1) is 9.20. The van der Waals surface area contributed by atoms with Crippen molar-refractivity contribution in [1.82, 2.24) is 5.32 Å². The van der Waals surface area contributed by atoms with Crippen molar-refractivity contribution in [1.29, 1.82) is 0 Å². The highest BCUT2D eigenvalue weighted by atomic mass is 16.1. The zero-order chi connectivity index (χ0) is 9.10. The van der Waals surface area contributed by atoms with E-state index < -0.39 is 0 Å². The fourth-order valence-corrected chi connectivity index (χ4v) is 2.60. The quantitative estimate of drug-likeness (QED) is 0.720. The van der Waals surface area contributed by atoms with Crippen molar-refractivity contribution in [2.75, 3.05) is 6.54 Å². The Kier molecular flexibility index (Phi) is 2.99. The SMILES string of the molecule is O=C(CC1CCCC1)C1CCCN1. The zero-order valence-corrected chi connectivity index (χ0v) is 8.22. The van der Waals surface area contributed by atoms with Crippen molar-refractivity contribution in [3.8, 4) is 0 Å². The molecule has 0 spiro atoms. The van der Waals surface area contributed by atoms with Gasteiger partial charge in [0.25, 0.3) is 0 Å². The van der Waals surface area contributed by atoms with E-state index in [-0.39, 0.29) is 6.04 Å². The van der Waals surface area contributed by atoms with Gasteiger partial charge in [-0.15, -0.1) is 0 Å². The van der Waals surface area contributed by atoms with Crippen molar-refractivity contribution in [3.05, 3.63) is 0 Å². The molecule has 2 rings (SSSR count). The third-order valence-corrected chi connectivity index (χ3v) is 3.41. The van der Waals surface area contributed by atoms with Gasteiger partial charge in [0.15, 0.2) is 0 Å². The average Bonchev–Trinajstić information content (AvgIpc) is 2.74. The number of carbonyl (C=O) groups excluding carboxylic acids is 1. The Morgan fingerprint density at radius 3 is 2.54 bits per heavy atom. The molecule has 74 valence electrons. The molecule has 0 bridgehead atoms. The lowest BCUT2D eigenvalue weighted by atomic mass is 9.97. The number of carbonyl (C=O) groups is 1. The first-order valence-electron chi connectivity index (χ1n) is 5.62. The Labute approximate surface area is 80.1 Å². The standard InChI is InChI=1S/C11H19NO/c13-11(10-6-3-7-12-10)8-9-4-1-2-5-9/h9-10,12H,1-8H2. The number of rotatable bonds is 3. The van der Waals surface area contributed by atoms with E-state index in [1.807, 2.05) is 0 Å². The second kappa shape index (κ2) is 4.23. The smallest absolute Gasteiger partial charge is 0.150 e. The molecule has 0 aromatic rings. The largest absolute Gasteiger partial charge is 0.307 e. The Bertz CT molecular complexity index is 179. The fourth-order valence-electron chi connectivity index (χ4n) is 2.60. The molecular formula is C11H19NO. The minimum Gasteiger partial charge on any atom is -0.307 e. The Morgan fingerprint density at radius 2 is 1.92 bits per heavy atom. The fraction of sp³-hybridized carbons (Fsp3) is 0.909. The van der Waals surface area contributed by atoms with Gasteiger partial charge in [-0.25, -0.2) is 0 Å². The zero-order valence-electron chi connectivity index (χ0n) is 8.22. The van der Waals surface area contributed by atoms with Crippen LogP contribution in [0.5, 0.6) is 0 Å². The molecule has 1 saturated carbocycles. The molecule has 0 aromatic heterocycles. The predicted molar refractivity (Wildman–Crippen MR) is 52.6 cm³/mol. The molecule has 0 aromatic carbocycles. The van der Waals surface area contributed by atoms with Gasteiger partial charge in [-0.2, -0.15) is 0 Å². The summed E-state index contributed by atoms with van der Waals surface area (Å²) in [6, 6.07) is 0.209. The number of Topliss-reactive ketones (excluding diaryl/α,β-unsaturated/α-hetero) is 1. The minimum absolute atomic E-state index is 0.209. The Balaban J connectivity index is 1.76. The van der Waals surface area contributed by atoms with Gasteiger partial charge in [-0.05, 0) is 25.3 Å². The summed E-state index contributed by atoms with van der Waals surface area (Å²) in [4.78, 5) is 11.7. The van der Waals surface area contributed by atoms with Gasteiger partial charge in [0.1, 0.15) is 5.78 Å². The molecule has 1 unspecified atom stereocenters. The molecule has 2 fully saturated rings. The van der Waals surface area contributed by atoms with Crippen LogP contribution in [-0.4, -0.2) is 18.4 Å². The first-order valence-corrected chi connectivity index (χ1v) is 5.62. The summed E-state index contributed by atoms with van der Waals surface area (Å²) in [6.45, 7) is 1.04. The number of ketones is 1. The second-order valence-corrected chi connectivity index (χ2v) is 4.47. The van der Waals surface area contributed by atoms with Crippen LogP contribution in [0.1, 0.15) is 44.9 Å². The van der Waals surface area contributed by atoms with Crippen molar-refractivity contribution in [2.45, 2.75) is 51.0 Å². The lowest BCUT2D eigenvalue weighted by Gasteiger charge is -2.12. The highest BCUT2D eigenvalue weighted by Gasteiger charge is 2.25. The number of hydrogen-bond donors (Lipinski definition) is 1. The van der Waals surface area contributed by atoms with E-state index in [9.17, 15) is 4.79 Å². The van der Waals surface area contributed by atoms with Gasteiger partial charge in [-0.3, -0.25) is 4.79 Å². The Morgan fingerprint density at radius 1 is 1.15 bits per heavy atom. The third kappa shape index (κ3) is 2.31. The summed E-state index contributed by atoms with van der Waals surface area (Å²) in [5.74, 6) is 1.19. The summed E-state index contributed by atoms with van der Waals surface area (Å²) in [5.41, 5.74) is 0. The van der Waals surface area contributed by atoms with Crippen LogP contribution >= 0.6 is 0 Å². The molecule has 0 amide bonds. The van der Waals surface area contributed by atoms with Crippen LogP contribution in [-0.2, 0) is 4.79 Å². The van der Waals surface area contributed by atoms with Gasteiger partial charge in [0, 0.05) is 6.42 Å². The Hall–Kier alpha value is -0.370. The summed E-state index contributed by atoms with van der Waals surface area (Å²) in [5, 5.41) is 3.28.